The standard InChI is InChI=1S/C12H17N3OS/c1-13-10(4-7-16)9-15-6-5-14-12(15)11-3-2-8-17-11/h2-3,5-6,8,10,13,16H,4,7,9H2,1H3. The summed E-state index contributed by atoms with van der Waals surface area (Å²) in [7, 11) is 1.92. The van der Waals surface area contributed by atoms with Crippen LogP contribution < -0.4 is 5.32 Å². The van der Waals surface area contributed by atoms with Crippen LogP contribution in [0.25, 0.3) is 10.7 Å². The Morgan fingerprint density at radius 1 is 1.59 bits per heavy atom. The van der Waals surface area contributed by atoms with Crippen LogP contribution in [0.1, 0.15) is 6.42 Å². The molecule has 0 radical (unpaired) electrons. The monoisotopic (exact) mass is 251 g/mol. The van der Waals surface area contributed by atoms with Gasteiger partial charge in [-0.3, -0.25) is 0 Å². The summed E-state index contributed by atoms with van der Waals surface area (Å²) in [6.07, 6.45) is 4.55. The molecular weight excluding hydrogens is 234 g/mol. The van der Waals surface area contributed by atoms with E-state index in [1.807, 2.05) is 25.5 Å². The number of aliphatic hydroxyl groups excluding tert-OH is 1. The van der Waals surface area contributed by atoms with E-state index in [4.69, 9.17) is 5.11 Å². The van der Waals surface area contributed by atoms with Crippen LogP contribution in [-0.2, 0) is 6.54 Å². The largest absolute Gasteiger partial charge is 0.396 e. The molecular formula is C12H17N3OS. The van der Waals surface area contributed by atoms with Gasteiger partial charge in [0, 0.05) is 31.6 Å². The molecule has 1 atom stereocenters. The molecule has 0 spiro atoms. The Labute approximate surface area is 105 Å². The lowest BCUT2D eigenvalue weighted by Crippen LogP contribution is -2.31. The predicted molar refractivity (Wildman–Crippen MR) is 70.1 cm³/mol. The van der Waals surface area contributed by atoms with Gasteiger partial charge in [0.1, 0.15) is 5.82 Å². The molecule has 2 N–H and O–H groups in total. The Morgan fingerprint density at radius 3 is 3.12 bits per heavy atom. The van der Waals surface area contributed by atoms with E-state index in [-0.39, 0.29) is 12.6 Å². The fourth-order valence-electron chi connectivity index (χ4n) is 1.81. The van der Waals surface area contributed by atoms with E-state index < -0.39 is 0 Å². The lowest BCUT2D eigenvalue weighted by Gasteiger charge is -2.16. The minimum absolute atomic E-state index is 0.203. The normalized spacial score (nSPS) is 12.8. The third-order valence-electron chi connectivity index (χ3n) is 2.76. The molecule has 0 aliphatic rings. The minimum atomic E-state index is 0.203. The molecule has 2 aromatic heterocycles. The van der Waals surface area contributed by atoms with Crippen LogP contribution in [0.2, 0.25) is 0 Å². The van der Waals surface area contributed by atoms with Gasteiger partial charge in [0.2, 0.25) is 0 Å². The zero-order valence-corrected chi connectivity index (χ0v) is 10.7. The zero-order chi connectivity index (χ0) is 12.1. The molecule has 1 unspecified atom stereocenters. The second-order valence-corrected chi connectivity index (χ2v) is 4.83. The average Bonchev–Trinajstić information content (AvgIpc) is 2.98. The highest BCUT2D eigenvalue weighted by Gasteiger charge is 2.11. The first kappa shape index (κ1) is 12.3. The van der Waals surface area contributed by atoms with E-state index in [0.29, 0.717) is 0 Å². The number of thiophene rings is 1. The zero-order valence-electron chi connectivity index (χ0n) is 9.84. The van der Waals surface area contributed by atoms with Crippen molar-refractivity contribution in [3.63, 3.8) is 0 Å². The summed E-state index contributed by atoms with van der Waals surface area (Å²) >= 11 is 1.69. The highest BCUT2D eigenvalue weighted by molar-refractivity contribution is 7.13. The fourth-order valence-corrected chi connectivity index (χ4v) is 2.54. The van der Waals surface area contributed by atoms with Crippen molar-refractivity contribution in [3.8, 4) is 10.7 Å². The molecule has 2 heterocycles. The first-order valence-electron chi connectivity index (χ1n) is 5.68. The smallest absolute Gasteiger partial charge is 0.150 e. The summed E-state index contributed by atoms with van der Waals surface area (Å²) in [6, 6.07) is 4.37. The number of nitrogens with zero attached hydrogens (tertiary/aromatic N) is 2. The van der Waals surface area contributed by atoms with Crippen molar-refractivity contribution >= 4 is 11.3 Å². The van der Waals surface area contributed by atoms with Crippen LogP contribution in [0, 0.1) is 0 Å². The second-order valence-electron chi connectivity index (χ2n) is 3.88. The summed E-state index contributed by atoms with van der Waals surface area (Å²) in [6.45, 7) is 1.03. The highest BCUT2D eigenvalue weighted by Crippen LogP contribution is 2.23. The van der Waals surface area contributed by atoms with Crippen molar-refractivity contribution in [1.29, 1.82) is 0 Å². The van der Waals surface area contributed by atoms with Crippen molar-refractivity contribution in [2.45, 2.75) is 19.0 Å². The van der Waals surface area contributed by atoms with Crippen molar-refractivity contribution in [2.24, 2.45) is 0 Å². The number of nitrogens with one attached hydrogen (secondary N) is 1. The number of aliphatic hydroxyl groups is 1. The van der Waals surface area contributed by atoms with Crippen LogP contribution in [-0.4, -0.2) is 34.4 Å². The predicted octanol–water partition coefficient (Wildman–Crippen LogP) is 1.58. The number of hydrogen-bond acceptors (Lipinski definition) is 4. The van der Waals surface area contributed by atoms with Crippen molar-refractivity contribution in [2.75, 3.05) is 13.7 Å². The molecule has 0 aromatic carbocycles. The molecule has 2 rings (SSSR count). The number of rotatable bonds is 6. The van der Waals surface area contributed by atoms with E-state index in [1.165, 1.54) is 4.88 Å². The highest BCUT2D eigenvalue weighted by atomic mass is 32.1. The number of hydrogen-bond donors (Lipinski definition) is 2. The molecule has 0 aliphatic heterocycles. The van der Waals surface area contributed by atoms with Gasteiger partial charge in [-0.05, 0) is 24.9 Å². The van der Waals surface area contributed by atoms with Crippen LogP contribution in [0.3, 0.4) is 0 Å². The van der Waals surface area contributed by atoms with Gasteiger partial charge in [-0.2, -0.15) is 0 Å². The van der Waals surface area contributed by atoms with Gasteiger partial charge in [-0.25, -0.2) is 4.98 Å². The van der Waals surface area contributed by atoms with E-state index in [2.05, 4.69) is 26.3 Å². The molecule has 0 aliphatic carbocycles. The maximum atomic E-state index is 8.99. The number of likely N-dealkylation sites (N-methyl/N-ethyl adjacent to an activating group) is 1. The first-order valence-corrected chi connectivity index (χ1v) is 6.56. The Balaban J connectivity index is 2.14. The average molecular weight is 251 g/mol. The Morgan fingerprint density at radius 2 is 2.47 bits per heavy atom. The Kier molecular flexibility index (Phi) is 4.30. The summed E-state index contributed by atoms with van der Waals surface area (Å²) in [4.78, 5) is 5.56. The maximum absolute atomic E-state index is 8.99. The van der Waals surface area contributed by atoms with E-state index in [0.717, 1.165) is 18.8 Å². The van der Waals surface area contributed by atoms with Crippen LogP contribution in [0.15, 0.2) is 29.9 Å². The van der Waals surface area contributed by atoms with Gasteiger partial charge in [0.05, 0.1) is 4.88 Å². The molecule has 17 heavy (non-hydrogen) atoms. The SMILES string of the molecule is CNC(CCO)Cn1ccnc1-c1cccs1. The molecule has 4 nitrogen and oxygen atoms in total. The Bertz CT molecular complexity index is 438. The van der Waals surface area contributed by atoms with E-state index >= 15 is 0 Å². The van der Waals surface area contributed by atoms with Gasteiger partial charge in [0.25, 0.3) is 0 Å². The first-order chi connectivity index (χ1) is 8.35. The number of aromatic nitrogens is 2. The van der Waals surface area contributed by atoms with Gasteiger partial charge < -0.3 is 15.0 Å². The topological polar surface area (TPSA) is 50.1 Å². The molecule has 0 saturated heterocycles. The van der Waals surface area contributed by atoms with Gasteiger partial charge in [-0.15, -0.1) is 11.3 Å². The van der Waals surface area contributed by atoms with Crippen molar-refractivity contribution < 1.29 is 5.11 Å². The quantitative estimate of drug-likeness (QED) is 0.819. The van der Waals surface area contributed by atoms with Crippen LogP contribution in [0.4, 0.5) is 0 Å². The van der Waals surface area contributed by atoms with E-state index in [9.17, 15) is 0 Å². The van der Waals surface area contributed by atoms with E-state index in [1.54, 1.807) is 11.3 Å². The van der Waals surface area contributed by atoms with Crippen LogP contribution in [0.5, 0.6) is 0 Å². The van der Waals surface area contributed by atoms with Gasteiger partial charge >= 0.3 is 0 Å². The molecule has 0 saturated carbocycles. The molecule has 0 bridgehead atoms. The minimum Gasteiger partial charge on any atom is -0.396 e. The van der Waals surface area contributed by atoms with Gasteiger partial charge in [-0.1, -0.05) is 6.07 Å². The van der Waals surface area contributed by atoms with Crippen LogP contribution >= 0.6 is 11.3 Å². The molecule has 92 valence electrons. The molecule has 0 fully saturated rings. The molecule has 2 aromatic rings. The molecule has 5 heteroatoms. The second kappa shape index (κ2) is 5.95. The number of imidazole rings is 1. The fraction of sp³-hybridized carbons (Fsp3) is 0.417. The summed E-state index contributed by atoms with van der Waals surface area (Å²) in [5.41, 5.74) is 0. The third kappa shape index (κ3) is 2.94. The Hall–Kier alpha value is -1.17. The lowest BCUT2D eigenvalue weighted by atomic mass is 10.2. The third-order valence-corrected chi connectivity index (χ3v) is 3.63. The molecule has 0 amide bonds. The van der Waals surface area contributed by atoms with Crippen molar-refractivity contribution in [1.82, 2.24) is 14.9 Å². The summed E-state index contributed by atoms with van der Waals surface area (Å²) < 4.78 is 2.13. The maximum Gasteiger partial charge on any atom is 0.150 e. The van der Waals surface area contributed by atoms with Crippen molar-refractivity contribution in [3.05, 3.63) is 29.9 Å². The van der Waals surface area contributed by atoms with Gasteiger partial charge in [0.15, 0.2) is 0 Å². The lowest BCUT2D eigenvalue weighted by molar-refractivity contribution is 0.260. The summed E-state index contributed by atoms with van der Waals surface area (Å²) in [5, 5.41) is 14.2. The summed E-state index contributed by atoms with van der Waals surface area (Å²) in [5.74, 6) is 0.998.